The predicted octanol–water partition coefficient (Wildman–Crippen LogP) is 0.799. The van der Waals surface area contributed by atoms with E-state index in [-0.39, 0.29) is 11.9 Å². The lowest BCUT2D eigenvalue weighted by atomic mass is 10.1. The van der Waals surface area contributed by atoms with E-state index < -0.39 is 0 Å². The van der Waals surface area contributed by atoms with E-state index >= 15 is 0 Å². The van der Waals surface area contributed by atoms with Crippen molar-refractivity contribution in [3.63, 3.8) is 0 Å². The van der Waals surface area contributed by atoms with Crippen molar-refractivity contribution in [2.75, 3.05) is 18.6 Å². The van der Waals surface area contributed by atoms with Crippen molar-refractivity contribution in [2.24, 2.45) is 5.84 Å². The molecule has 2 rings (SSSR count). The van der Waals surface area contributed by atoms with Crippen molar-refractivity contribution in [1.29, 1.82) is 0 Å². The summed E-state index contributed by atoms with van der Waals surface area (Å²) < 4.78 is 5.21. The fourth-order valence-corrected chi connectivity index (χ4v) is 1.89. The number of nitrogens with one attached hydrogen (secondary N) is 2. The van der Waals surface area contributed by atoms with Crippen LogP contribution < -0.4 is 16.6 Å². The Labute approximate surface area is 100 Å². The van der Waals surface area contributed by atoms with Crippen LogP contribution in [0, 0.1) is 6.92 Å². The van der Waals surface area contributed by atoms with Crippen LogP contribution in [0.25, 0.3) is 0 Å². The van der Waals surface area contributed by atoms with Crippen LogP contribution in [0.4, 0.5) is 5.69 Å². The van der Waals surface area contributed by atoms with E-state index in [1.807, 2.05) is 19.1 Å². The maximum atomic E-state index is 12.0. The fourth-order valence-electron chi connectivity index (χ4n) is 1.89. The molecular formula is C12H17N3O2. The van der Waals surface area contributed by atoms with E-state index in [0.717, 1.165) is 12.0 Å². The van der Waals surface area contributed by atoms with E-state index in [2.05, 4.69) is 10.7 Å². The third-order valence-electron chi connectivity index (χ3n) is 2.84. The average molecular weight is 235 g/mol. The second kappa shape index (κ2) is 5.16. The highest BCUT2D eigenvalue weighted by molar-refractivity contribution is 5.99. The van der Waals surface area contributed by atoms with Crippen LogP contribution in [0.3, 0.4) is 0 Å². The zero-order chi connectivity index (χ0) is 12.3. The van der Waals surface area contributed by atoms with E-state index in [1.165, 1.54) is 0 Å². The zero-order valence-electron chi connectivity index (χ0n) is 9.82. The Morgan fingerprint density at radius 2 is 2.35 bits per heavy atom. The number of carbonyl (C=O) groups excluding carboxylic acids is 1. The molecule has 1 atom stereocenters. The lowest BCUT2D eigenvalue weighted by Crippen LogP contribution is -2.35. The van der Waals surface area contributed by atoms with Crippen molar-refractivity contribution >= 4 is 11.6 Å². The molecule has 5 nitrogen and oxygen atoms in total. The number of aryl methyl sites for hydroxylation is 1. The molecule has 0 aliphatic carbocycles. The third-order valence-corrected chi connectivity index (χ3v) is 2.84. The molecule has 0 saturated carbocycles. The Balaban J connectivity index is 2.12. The standard InChI is InChI=1S/C12H17N3O2/c1-8-2-3-10(11(6-8)15-13)12(16)14-9-4-5-17-7-9/h2-3,6,9,15H,4-5,7,13H2,1H3,(H,14,16). The molecule has 1 amide bonds. The molecule has 0 bridgehead atoms. The van der Waals surface area contributed by atoms with Crippen molar-refractivity contribution in [3.05, 3.63) is 29.3 Å². The monoisotopic (exact) mass is 235 g/mol. The highest BCUT2D eigenvalue weighted by Crippen LogP contribution is 2.17. The first-order valence-electron chi connectivity index (χ1n) is 5.66. The van der Waals surface area contributed by atoms with Gasteiger partial charge in [-0.25, -0.2) is 0 Å². The van der Waals surface area contributed by atoms with E-state index in [1.54, 1.807) is 6.07 Å². The number of anilines is 1. The van der Waals surface area contributed by atoms with Gasteiger partial charge in [0.25, 0.3) is 5.91 Å². The summed E-state index contributed by atoms with van der Waals surface area (Å²) in [7, 11) is 0. The van der Waals surface area contributed by atoms with Gasteiger partial charge in [0.05, 0.1) is 23.9 Å². The normalized spacial score (nSPS) is 19.1. The molecule has 1 aromatic rings. The van der Waals surface area contributed by atoms with Gasteiger partial charge in [-0.3, -0.25) is 10.6 Å². The Morgan fingerprint density at radius 1 is 1.53 bits per heavy atom. The molecule has 1 aliphatic rings. The first kappa shape index (κ1) is 11.9. The number of rotatable bonds is 3. The summed E-state index contributed by atoms with van der Waals surface area (Å²) in [5, 5.41) is 2.93. The molecule has 1 fully saturated rings. The number of nitrogens with two attached hydrogens (primary N) is 1. The summed E-state index contributed by atoms with van der Waals surface area (Å²) in [5.74, 6) is 5.29. The molecule has 1 aromatic carbocycles. The molecule has 4 N–H and O–H groups in total. The zero-order valence-corrected chi connectivity index (χ0v) is 9.82. The van der Waals surface area contributed by atoms with Gasteiger partial charge in [0.1, 0.15) is 0 Å². The van der Waals surface area contributed by atoms with Crippen LogP contribution in [0.15, 0.2) is 18.2 Å². The van der Waals surface area contributed by atoms with Crippen LogP contribution in [0.2, 0.25) is 0 Å². The SMILES string of the molecule is Cc1ccc(C(=O)NC2CCOC2)c(NN)c1. The van der Waals surface area contributed by atoms with Crippen LogP contribution in [-0.2, 0) is 4.74 Å². The van der Waals surface area contributed by atoms with Crippen molar-refractivity contribution in [2.45, 2.75) is 19.4 Å². The number of nitrogen functional groups attached to an aromatic ring is 1. The summed E-state index contributed by atoms with van der Waals surface area (Å²) in [6.07, 6.45) is 0.864. The topological polar surface area (TPSA) is 76.4 Å². The summed E-state index contributed by atoms with van der Waals surface area (Å²) in [6.45, 7) is 3.25. The second-order valence-corrected chi connectivity index (χ2v) is 4.23. The van der Waals surface area contributed by atoms with E-state index in [9.17, 15) is 4.79 Å². The Morgan fingerprint density at radius 3 is 3.00 bits per heavy atom. The minimum absolute atomic E-state index is 0.106. The number of benzene rings is 1. The maximum Gasteiger partial charge on any atom is 0.253 e. The second-order valence-electron chi connectivity index (χ2n) is 4.23. The van der Waals surface area contributed by atoms with Crippen molar-refractivity contribution in [1.82, 2.24) is 5.32 Å². The predicted molar refractivity (Wildman–Crippen MR) is 65.7 cm³/mol. The van der Waals surface area contributed by atoms with Crippen molar-refractivity contribution < 1.29 is 9.53 Å². The van der Waals surface area contributed by atoms with Gasteiger partial charge in [-0.15, -0.1) is 0 Å². The first-order chi connectivity index (χ1) is 8.20. The molecule has 1 heterocycles. The third kappa shape index (κ3) is 2.75. The average Bonchev–Trinajstić information content (AvgIpc) is 2.81. The number of hydrogen-bond acceptors (Lipinski definition) is 4. The quantitative estimate of drug-likeness (QED) is 0.535. The summed E-state index contributed by atoms with van der Waals surface area (Å²) in [6, 6.07) is 5.62. The smallest absolute Gasteiger partial charge is 0.253 e. The van der Waals surface area contributed by atoms with Gasteiger partial charge in [-0.1, -0.05) is 6.07 Å². The molecule has 92 valence electrons. The maximum absolute atomic E-state index is 12.0. The Bertz CT molecular complexity index is 414. The molecule has 1 aliphatic heterocycles. The first-order valence-corrected chi connectivity index (χ1v) is 5.66. The van der Waals surface area contributed by atoms with Crippen LogP contribution in [-0.4, -0.2) is 25.2 Å². The van der Waals surface area contributed by atoms with Gasteiger partial charge in [0.2, 0.25) is 0 Å². The fraction of sp³-hybridized carbons (Fsp3) is 0.417. The summed E-state index contributed by atoms with van der Waals surface area (Å²) >= 11 is 0. The van der Waals surface area contributed by atoms with Gasteiger partial charge >= 0.3 is 0 Å². The van der Waals surface area contributed by atoms with Gasteiger partial charge in [0.15, 0.2) is 0 Å². The molecule has 1 unspecified atom stereocenters. The molecule has 0 radical (unpaired) electrons. The van der Waals surface area contributed by atoms with Gasteiger partial charge in [-0.05, 0) is 31.0 Å². The molecule has 0 spiro atoms. The molecule has 1 saturated heterocycles. The molecular weight excluding hydrogens is 218 g/mol. The number of hydrogen-bond donors (Lipinski definition) is 3. The largest absolute Gasteiger partial charge is 0.379 e. The lowest BCUT2D eigenvalue weighted by Gasteiger charge is -2.13. The number of carbonyl (C=O) groups is 1. The highest BCUT2D eigenvalue weighted by Gasteiger charge is 2.19. The highest BCUT2D eigenvalue weighted by atomic mass is 16.5. The number of ether oxygens (including phenoxy) is 1. The minimum atomic E-state index is -0.117. The number of hydrazine groups is 1. The van der Waals surface area contributed by atoms with E-state index in [4.69, 9.17) is 10.6 Å². The Kier molecular flexibility index (Phi) is 3.61. The minimum Gasteiger partial charge on any atom is -0.379 e. The molecule has 5 heteroatoms. The number of amides is 1. The van der Waals surface area contributed by atoms with Gasteiger partial charge in [-0.2, -0.15) is 0 Å². The molecule has 17 heavy (non-hydrogen) atoms. The van der Waals surface area contributed by atoms with Crippen molar-refractivity contribution in [3.8, 4) is 0 Å². The van der Waals surface area contributed by atoms with Gasteiger partial charge < -0.3 is 15.5 Å². The summed E-state index contributed by atoms with van der Waals surface area (Å²) in [4.78, 5) is 12.0. The summed E-state index contributed by atoms with van der Waals surface area (Å²) in [5.41, 5.74) is 4.80. The lowest BCUT2D eigenvalue weighted by molar-refractivity contribution is 0.0930. The van der Waals surface area contributed by atoms with Crippen LogP contribution in [0.5, 0.6) is 0 Å². The van der Waals surface area contributed by atoms with Gasteiger partial charge in [0, 0.05) is 6.61 Å². The molecule has 0 aromatic heterocycles. The van der Waals surface area contributed by atoms with Crippen LogP contribution in [0.1, 0.15) is 22.3 Å². The van der Waals surface area contributed by atoms with E-state index in [0.29, 0.717) is 24.5 Å². The Hall–Kier alpha value is -1.59. The van der Waals surface area contributed by atoms with Crippen LogP contribution >= 0.6 is 0 Å².